The van der Waals surface area contributed by atoms with Gasteiger partial charge in [0.1, 0.15) is 5.01 Å². The largest absolute Gasteiger partial charge is 0.254 e. The monoisotopic (exact) mass is 218 g/mol. The topological polar surface area (TPSA) is 25.8 Å². The van der Waals surface area contributed by atoms with E-state index >= 15 is 0 Å². The van der Waals surface area contributed by atoms with Crippen LogP contribution < -0.4 is 0 Å². The summed E-state index contributed by atoms with van der Waals surface area (Å²) >= 11 is 1.68. The average Bonchev–Trinajstić information content (AvgIpc) is 2.67. The number of pyridine rings is 1. The first kappa shape index (κ1) is 10.3. The molecule has 3 heteroatoms. The van der Waals surface area contributed by atoms with Crippen LogP contribution in [0.1, 0.15) is 24.6 Å². The lowest BCUT2D eigenvalue weighted by Crippen LogP contribution is -1.86. The van der Waals surface area contributed by atoms with Crippen molar-refractivity contribution in [3.05, 3.63) is 35.0 Å². The van der Waals surface area contributed by atoms with Crippen molar-refractivity contribution in [3.8, 4) is 10.7 Å². The molecule has 0 radical (unpaired) electrons. The zero-order valence-corrected chi connectivity index (χ0v) is 9.84. The maximum absolute atomic E-state index is 4.57. The fourth-order valence-corrected chi connectivity index (χ4v) is 2.27. The van der Waals surface area contributed by atoms with Gasteiger partial charge in [-0.05, 0) is 31.0 Å². The first-order chi connectivity index (χ1) is 7.29. The maximum Gasteiger partial charge on any atom is 0.142 e. The van der Waals surface area contributed by atoms with E-state index in [0.29, 0.717) is 0 Å². The fraction of sp³-hybridized carbons (Fsp3) is 0.333. The Labute approximate surface area is 94.0 Å². The summed E-state index contributed by atoms with van der Waals surface area (Å²) in [5, 5.41) is 3.16. The maximum atomic E-state index is 4.57. The van der Waals surface area contributed by atoms with Gasteiger partial charge in [0.2, 0.25) is 0 Å². The third kappa shape index (κ3) is 2.42. The van der Waals surface area contributed by atoms with Crippen molar-refractivity contribution in [2.24, 2.45) is 0 Å². The third-order valence-electron chi connectivity index (χ3n) is 2.19. The minimum atomic E-state index is 0.988. The molecule has 2 aromatic rings. The first-order valence-electron chi connectivity index (χ1n) is 5.17. The summed E-state index contributed by atoms with van der Waals surface area (Å²) in [6, 6.07) is 4.08. The van der Waals surface area contributed by atoms with Gasteiger partial charge in [-0.2, -0.15) is 0 Å². The molecule has 0 N–H and O–H groups in total. The molecular weight excluding hydrogens is 204 g/mol. The van der Waals surface area contributed by atoms with Gasteiger partial charge in [-0.1, -0.05) is 13.3 Å². The lowest BCUT2D eigenvalue weighted by molar-refractivity contribution is 0.893. The van der Waals surface area contributed by atoms with E-state index in [2.05, 4.69) is 35.3 Å². The van der Waals surface area contributed by atoms with E-state index in [-0.39, 0.29) is 0 Å². The van der Waals surface area contributed by atoms with E-state index in [0.717, 1.165) is 23.5 Å². The summed E-state index contributed by atoms with van der Waals surface area (Å²) in [5.41, 5.74) is 3.40. The molecule has 0 saturated heterocycles. The molecule has 0 fully saturated rings. The van der Waals surface area contributed by atoms with Crippen LogP contribution in [0.2, 0.25) is 0 Å². The second-order valence-electron chi connectivity index (χ2n) is 3.61. The highest BCUT2D eigenvalue weighted by molar-refractivity contribution is 7.13. The van der Waals surface area contributed by atoms with Crippen molar-refractivity contribution >= 4 is 11.3 Å². The number of thiazole rings is 1. The van der Waals surface area contributed by atoms with E-state index in [4.69, 9.17) is 0 Å². The Hall–Kier alpha value is -1.22. The van der Waals surface area contributed by atoms with E-state index in [1.54, 1.807) is 11.3 Å². The lowest BCUT2D eigenvalue weighted by atomic mass is 10.2. The van der Waals surface area contributed by atoms with E-state index in [1.165, 1.54) is 11.3 Å². The number of aromatic nitrogens is 2. The molecular formula is C12H14N2S. The van der Waals surface area contributed by atoms with E-state index in [1.807, 2.05) is 12.3 Å². The minimum absolute atomic E-state index is 0.988. The molecule has 0 aliphatic carbocycles. The molecule has 0 aliphatic rings. The zero-order chi connectivity index (χ0) is 10.7. The summed E-state index contributed by atoms with van der Waals surface area (Å²) in [6.45, 7) is 4.25. The summed E-state index contributed by atoms with van der Waals surface area (Å²) < 4.78 is 0. The Morgan fingerprint density at radius 1 is 1.40 bits per heavy atom. The van der Waals surface area contributed by atoms with E-state index in [9.17, 15) is 0 Å². The SMILES string of the molecule is CCCc1csc(-c2cc(C)ccn2)n1. The zero-order valence-electron chi connectivity index (χ0n) is 9.03. The van der Waals surface area contributed by atoms with Gasteiger partial charge in [0.05, 0.1) is 11.4 Å². The van der Waals surface area contributed by atoms with Crippen LogP contribution in [0, 0.1) is 6.92 Å². The average molecular weight is 218 g/mol. The number of aryl methyl sites for hydroxylation is 2. The highest BCUT2D eigenvalue weighted by Crippen LogP contribution is 2.22. The van der Waals surface area contributed by atoms with Crippen molar-refractivity contribution < 1.29 is 0 Å². The predicted molar refractivity (Wildman–Crippen MR) is 64.1 cm³/mol. The molecule has 0 spiro atoms. The summed E-state index contributed by atoms with van der Waals surface area (Å²) in [4.78, 5) is 8.90. The van der Waals surface area contributed by atoms with Crippen LogP contribution in [-0.4, -0.2) is 9.97 Å². The van der Waals surface area contributed by atoms with Crippen LogP contribution in [0.3, 0.4) is 0 Å². The summed E-state index contributed by atoms with van der Waals surface area (Å²) in [7, 11) is 0. The number of rotatable bonds is 3. The second-order valence-corrected chi connectivity index (χ2v) is 4.47. The molecule has 0 saturated carbocycles. The van der Waals surface area contributed by atoms with Crippen molar-refractivity contribution in [2.45, 2.75) is 26.7 Å². The Morgan fingerprint density at radius 3 is 3.00 bits per heavy atom. The molecule has 0 atom stereocenters. The minimum Gasteiger partial charge on any atom is -0.254 e. The van der Waals surface area contributed by atoms with Crippen molar-refractivity contribution in [1.29, 1.82) is 0 Å². The molecule has 0 unspecified atom stereocenters. The highest BCUT2D eigenvalue weighted by atomic mass is 32.1. The van der Waals surface area contributed by atoms with Crippen LogP contribution in [0.4, 0.5) is 0 Å². The van der Waals surface area contributed by atoms with Crippen LogP contribution >= 0.6 is 11.3 Å². The number of nitrogens with zero attached hydrogens (tertiary/aromatic N) is 2. The Kier molecular flexibility index (Phi) is 3.11. The molecule has 15 heavy (non-hydrogen) atoms. The molecule has 2 aromatic heterocycles. The molecule has 0 aliphatic heterocycles. The second kappa shape index (κ2) is 4.53. The highest BCUT2D eigenvalue weighted by Gasteiger charge is 2.05. The Balaban J connectivity index is 2.29. The van der Waals surface area contributed by atoms with E-state index < -0.39 is 0 Å². The van der Waals surface area contributed by atoms with Crippen molar-refractivity contribution in [2.75, 3.05) is 0 Å². The smallest absolute Gasteiger partial charge is 0.142 e. The molecule has 2 nitrogen and oxygen atoms in total. The van der Waals surface area contributed by atoms with Gasteiger partial charge >= 0.3 is 0 Å². The molecule has 78 valence electrons. The molecule has 0 bridgehead atoms. The number of hydrogen-bond acceptors (Lipinski definition) is 3. The standard InChI is InChI=1S/C12H14N2S/c1-3-4-10-8-15-12(14-10)11-7-9(2)5-6-13-11/h5-8H,3-4H2,1-2H3. The lowest BCUT2D eigenvalue weighted by Gasteiger charge is -1.96. The van der Waals surface area contributed by atoms with Gasteiger partial charge in [0, 0.05) is 11.6 Å². The van der Waals surface area contributed by atoms with Gasteiger partial charge in [0.15, 0.2) is 0 Å². The van der Waals surface area contributed by atoms with Gasteiger partial charge in [-0.25, -0.2) is 4.98 Å². The Bertz CT molecular complexity index is 448. The molecule has 2 heterocycles. The Morgan fingerprint density at radius 2 is 2.27 bits per heavy atom. The molecule has 2 rings (SSSR count). The normalized spacial score (nSPS) is 10.5. The first-order valence-corrected chi connectivity index (χ1v) is 6.05. The summed E-state index contributed by atoms with van der Waals surface area (Å²) in [5.74, 6) is 0. The third-order valence-corrected chi connectivity index (χ3v) is 3.11. The van der Waals surface area contributed by atoms with Crippen molar-refractivity contribution in [3.63, 3.8) is 0 Å². The van der Waals surface area contributed by atoms with Gasteiger partial charge in [-0.15, -0.1) is 11.3 Å². The summed E-state index contributed by atoms with van der Waals surface area (Å²) in [6.07, 6.45) is 4.04. The van der Waals surface area contributed by atoms with Crippen LogP contribution in [0.5, 0.6) is 0 Å². The number of hydrogen-bond donors (Lipinski definition) is 0. The van der Waals surface area contributed by atoms with Crippen LogP contribution in [0.25, 0.3) is 10.7 Å². The van der Waals surface area contributed by atoms with Crippen molar-refractivity contribution in [1.82, 2.24) is 9.97 Å². The van der Waals surface area contributed by atoms with Crippen LogP contribution in [0.15, 0.2) is 23.7 Å². The van der Waals surface area contributed by atoms with Gasteiger partial charge < -0.3 is 0 Å². The fourth-order valence-electron chi connectivity index (χ4n) is 1.45. The van der Waals surface area contributed by atoms with Gasteiger partial charge in [0.25, 0.3) is 0 Å². The quantitative estimate of drug-likeness (QED) is 0.788. The van der Waals surface area contributed by atoms with Gasteiger partial charge in [-0.3, -0.25) is 4.98 Å². The van der Waals surface area contributed by atoms with Crippen LogP contribution in [-0.2, 0) is 6.42 Å². The molecule has 0 amide bonds. The molecule has 0 aromatic carbocycles. The predicted octanol–water partition coefficient (Wildman–Crippen LogP) is 3.47.